The number of methoxy groups -OCH3 is 1. The van der Waals surface area contributed by atoms with E-state index in [1.807, 2.05) is 31.2 Å². The molecule has 3 rings (SSSR count). The van der Waals surface area contributed by atoms with Gasteiger partial charge in [-0.05, 0) is 38.1 Å². The first-order chi connectivity index (χ1) is 13.9. The summed E-state index contributed by atoms with van der Waals surface area (Å²) in [5, 5.41) is 2.69. The molecule has 2 amide bonds. The van der Waals surface area contributed by atoms with Gasteiger partial charge in [0.25, 0.3) is 5.91 Å². The van der Waals surface area contributed by atoms with Crippen molar-refractivity contribution in [3.63, 3.8) is 0 Å². The van der Waals surface area contributed by atoms with Gasteiger partial charge in [0.1, 0.15) is 5.75 Å². The van der Waals surface area contributed by atoms with E-state index in [4.69, 9.17) is 9.47 Å². The van der Waals surface area contributed by atoms with Crippen molar-refractivity contribution in [2.75, 3.05) is 23.9 Å². The Balaban J connectivity index is 1.59. The van der Waals surface area contributed by atoms with E-state index >= 15 is 0 Å². The molecule has 2 aromatic rings. The van der Waals surface area contributed by atoms with E-state index in [1.54, 1.807) is 29.2 Å². The zero-order valence-corrected chi connectivity index (χ0v) is 16.7. The highest BCUT2D eigenvalue weighted by molar-refractivity contribution is 6.00. The van der Waals surface area contributed by atoms with Gasteiger partial charge in [-0.2, -0.15) is 0 Å². The first-order valence-electron chi connectivity index (χ1n) is 9.40. The third kappa shape index (κ3) is 4.74. The SMILES string of the molecule is COc1ccccc1NC(=O)[C@@H](C)OC(=O)[C@H]1CC(=O)N(c2ccc(C)cc2)C1. The van der Waals surface area contributed by atoms with Crippen molar-refractivity contribution < 1.29 is 23.9 Å². The lowest BCUT2D eigenvalue weighted by atomic mass is 10.1. The molecule has 1 saturated heterocycles. The maximum absolute atomic E-state index is 12.5. The van der Waals surface area contributed by atoms with Crippen LogP contribution in [0, 0.1) is 12.8 Å². The molecule has 2 aromatic carbocycles. The average Bonchev–Trinajstić information content (AvgIpc) is 3.10. The number of ether oxygens (including phenoxy) is 2. The number of esters is 1. The summed E-state index contributed by atoms with van der Waals surface area (Å²) in [5.74, 6) is -1.26. The molecule has 1 aliphatic heterocycles. The lowest BCUT2D eigenvalue weighted by Crippen LogP contribution is -2.33. The number of anilines is 2. The van der Waals surface area contributed by atoms with Crippen molar-refractivity contribution in [1.29, 1.82) is 0 Å². The zero-order chi connectivity index (χ0) is 21.0. The van der Waals surface area contributed by atoms with Crippen LogP contribution in [0.5, 0.6) is 5.75 Å². The molecule has 1 heterocycles. The van der Waals surface area contributed by atoms with E-state index in [0.717, 1.165) is 11.3 Å². The van der Waals surface area contributed by atoms with Gasteiger partial charge in [0.15, 0.2) is 6.10 Å². The number of nitrogens with zero attached hydrogens (tertiary/aromatic N) is 1. The minimum atomic E-state index is -1.00. The van der Waals surface area contributed by atoms with Gasteiger partial charge in [0, 0.05) is 18.7 Å². The van der Waals surface area contributed by atoms with Gasteiger partial charge in [-0.1, -0.05) is 29.8 Å². The monoisotopic (exact) mass is 396 g/mol. The van der Waals surface area contributed by atoms with Gasteiger partial charge in [-0.25, -0.2) is 0 Å². The highest BCUT2D eigenvalue weighted by atomic mass is 16.5. The number of amides is 2. The Morgan fingerprint density at radius 3 is 2.52 bits per heavy atom. The molecule has 2 atom stereocenters. The van der Waals surface area contributed by atoms with E-state index in [0.29, 0.717) is 11.4 Å². The molecule has 1 aliphatic rings. The number of carbonyl (C=O) groups is 3. The summed E-state index contributed by atoms with van der Waals surface area (Å²) in [7, 11) is 1.51. The number of rotatable bonds is 6. The second-order valence-corrected chi connectivity index (χ2v) is 7.01. The molecule has 1 fully saturated rings. The summed E-state index contributed by atoms with van der Waals surface area (Å²) in [6.45, 7) is 3.70. The first kappa shape index (κ1) is 20.4. The minimum Gasteiger partial charge on any atom is -0.495 e. The van der Waals surface area contributed by atoms with Crippen molar-refractivity contribution in [2.45, 2.75) is 26.4 Å². The maximum Gasteiger partial charge on any atom is 0.312 e. The van der Waals surface area contributed by atoms with E-state index in [9.17, 15) is 14.4 Å². The van der Waals surface area contributed by atoms with Crippen LogP contribution in [-0.4, -0.2) is 37.5 Å². The molecule has 152 valence electrons. The van der Waals surface area contributed by atoms with Gasteiger partial charge in [0.2, 0.25) is 5.91 Å². The number of nitrogens with one attached hydrogen (secondary N) is 1. The molecule has 7 nitrogen and oxygen atoms in total. The van der Waals surface area contributed by atoms with Crippen LogP contribution in [0.1, 0.15) is 18.9 Å². The first-order valence-corrected chi connectivity index (χ1v) is 9.40. The lowest BCUT2D eigenvalue weighted by Gasteiger charge is -2.18. The number of benzene rings is 2. The van der Waals surface area contributed by atoms with Crippen LogP contribution < -0.4 is 15.0 Å². The van der Waals surface area contributed by atoms with Crippen LogP contribution >= 0.6 is 0 Å². The predicted octanol–water partition coefficient (Wildman–Crippen LogP) is 2.93. The van der Waals surface area contributed by atoms with Gasteiger partial charge in [-0.15, -0.1) is 0 Å². The van der Waals surface area contributed by atoms with Gasteiger partial charge in [0.05, 0.1) is 18.7 Å². The standard InChI is InChI=1S/C22H24N2O5/c1-14-8-10-17(11-9-14)24-13-16(12-20(24)25)22(27)29-15(2)21(26)23-18-6-4-5-7-19(18)28-3/h4-11,15-16H,12-13H2,1-3H3,(H,23,26)/t15-,16+/m1/s1. The number of para-hydroxylation sites is 2. The highest BCUT2D eigenvalue weighted by Crippen LogP contribution is 2.27. The quantitative estimate of drug-likeness (QED) is 0.759. The molecular weight excluding hydrogens is 372 g/mol. The fourth-order valence-electron chi connectivity index (χ4n) is 3.15. The normalized spacial score (nSPS) is 17.0. The third-order valence-electron chi connectivity index (χ3n) is 4.83. The summed E-state index contributed by atoms with van der Waals surface area (Å²) in [4.78, 5) is 38.8. The van der Waals surface area contributed by atoms with Crippen molar-refractivity contribution in [2.24, 2.45) is 5.92 Å². The van der Waals surface area contributed by atoms with E-state index < -0.39 is 23.9 Å². The molecular formula is C22H24N2O5. The van der Waals surface area contributed by atoms with Crippen LogP contribution in [0.25, 0.3) is 0 Å². The molecule has 0 aliphatic carbocycles. The van der Waals surface area contributed by atoms with Crippen molar-refractivity contribution in [3.05, 3.63) is 54.1 Å². The highest BCUT2D eigenvalue weighted by Gasteiger charge is 2.37. The van der Waals surface area contributed by atoms with E-state index in [2.05, 4.69) is 5.32 Å². The smallest absolute Gasteiger partial charge is 0.312 e. The number of hydrogen-bond acceptors (Lipinski definition) is 5. The average molecular weight is 396 g/mol. The molecule has 0 radical (unpaired) electrons. The fourth-order valence-corrected chi connectivity index (χ4v) is 3.15. The summed E-state index contributed by atoms with van der Waals surface area (Å²) in [5.41, 5.74) is 2.33. The molecule has 0 unspecified atom stereocenters. The Hall–Kier alpha value is -3.35. The molecule has 1 N–H and O–H groups in total. The predicted molar refractivity (Wildman–Crippen MR) is 109 cm³/mol. The van der Waals surface area contributed by atoms with E-state index in [1.165, 1.54) is 14.0 Å². The van der Waals surface area contributed by atoms with Gasteiger partial charge in [-0.3, -0.25) is 14.4 Å². The Morgan fingerprint density at radius 1 is 1.14 bits per heavy atom. The maximum atomic E-state index is 12.5. The second-order valence-electron chi connectivity index (χ2n) is 7.01. The Morgan fingerprint density at radius 2 is 1.83 bits per heavy atom. The van der Waals surface area contributed by atoms with Crippen LogP contribution in [0.4, 0.5) is 11.4 Å². The molecule has 29 heavy (non-hydrogen) atoms. The molecule has 7 heteroatoms. The number of aryl methyl sites for hydroxylation is 1. The van der Waals surface area contributed by atoms with E-state index in [-0.39, 0.29) is 18.9 Å². The molecule has 0 aromatic heterocycles. The summed E-state index contributed by atoms with van der Waals surface area (Å²) >= 11 is 0. The van der Waals surface area contributed by atoms with Gasteiger partial charge < -0.3 is 19.7 Å². The third-order valence-corrected chi connectivity index (χ3v) is 4.83. The second kappa shape index (κ2) is 8.77. The molecule has 0 saturated carbocycles. The zero-order valence-electron chi connectivity index (χ0n) is 16.7. The number of hydrogen-bond donors (Lipinski definition) is 1. The Kier molecular flexibility index (Phi) is 6.16. The van der Waals surface area contributed by atoms with Gasteiger partial charge >= 0.3 is 5.97 Å². The summed E-state index contributed by atoms with van der Waals surface area (Å²) in [6.07, 6.45) is -0.941. The Labute approximate surface area is 169 Å². The van der Waals surface area contributed by atoms with Crippen molar-refractivity contribution >= 4 is 29.2 Å². The largest absolute Gasteiger partial charge is 0.495 e. The number of carbonyl (C=O) groups excluding carboxylic acids is 3. The van der Waals surface area contributed by atoms with Crippen LogP contribution in [0.3, 0.4) is 0 Å². The van der Waals surface area contributed by atoms with Crippen molar-refractivity contribution in [1.82, 2.24) is 0 Å². The lowest BCUT2D eigenvalue weighted by molar-refractivity contribution is -0.157. The summed E-state index contributed by atoms with van der Waals surface area (Å²) < 4.78 is 10.5. The van der Waals surface area contributed by atoms with Crippen LogP contribution in [-0.2, 0) is 19.1 Å². The fraction of sp³-hybridized carbons (Fsp3) is 0.318. The summed E-state index contributed by atoms with van der Waals surface area (Å²) in [6, 6.07) is 14.5. The van der Waals surface area contributed by atoms with Crippen LogP contribution in [0.15, 0.2) is 48.5 Å². The topological polar surface area (TPSA) is 84.9 Å². The minimum absolute atomic E-state index is 0.0631. The molecule has 0 spiro atoms. The Bertz CT molecular complexity index is 910. The van der Waals surface area contributed by atoms with Crippen LogP contribution in [0.2, 0.25) is 0 Å². The molecule has 0 bridgehead atoms. The van der Waals surface area contributed by atoms with Crippen molar-refractivity contribution in [3.8, 4) is 5.75 Å².